The van der Waals surface area contributed by atoms with E-state index in [4.69, 9.17) is 9.05 Å². The average molecular weight is 515 g/mol. The molecule has 0 aliphatic carbocycles. The number of piperidine rings is 1. The summed E-state index contributed by atoms with van der Waals surface area (Å²) in [6.45, 7) is 3.75. The van der Waals surface area contributed by atoms with Gasteiger partial charge >= 0.3 is 6.18 Å². The lowest BCUT2D eigenvalue weighted by Crippen LogP contribution is -2.44. The molecule has 1 aliphatic heterocycles. The molecule has 3 heterocycles. The molecule has 2 aromatic heterocycles. The Balaban J connectivity index is 1.36. The molecule has 1 fully saturated rings. The van der Waals surface area contributed by atoms with Gasteiger partial charge in [-0.1, -0.05) is 71.8 Å². The number of benzene rings is 2. The second kappa shape index (κ2) is 10.1. The molecule has 4 aromatic rings. The van der Waals surface area contributed by atoms with Gasteiger partial charge in [0.15, 0.2) is 0 Å². The van der Waals surface area contributed by atoms with Crippen LogP contribution in [-0.2, 0) is 6.18 Å². The summed E-state index contributed by atoms with van der Waals surface area (Å²) in [4.78, 5) is 6.14. The van der Waals surface area contributed by atoms with Crippen molar-refractivity contribution in [2.45, 2.75) is 31.7 Å². The minimum atomic E-state index is -4.77. The van der Waals surface area contributed by atoms with E-state index in [1.165, 1.54) is 12.1 Å². The molecule has 5 rings (SSSR count). The molecule has 0 spiro atoms. The van der Waals surface area contributed by atoms with Crippen molar-refractivity contribution in [3.8, 4) is 34.3 Å². The number of alkyl halides is 3. The van der Waals surface area contributed by atoms with Crippen molar-refractivity contribution in [2.24, 2.45) is 5.92 Å². The van der Waals surface area contributed by atoms with Crippen molar-refractivity contribution in [2.75, 3.05) is 19.6 Å². The summed E-state index contributed by atoms with van der Waals surface area (Å²) in [5.74, 6) is -0.694. The quantitative estimate of drug-likeness (QED) is 0.377. The lowest BCUT2D eigenvalue weighted by atomic mass is 9.97. The first kappa shape index (κ1) is 25.1. The number of hydrogen-bond donors (Lipinski definition) is 2. The lowest BCUT2D eigenvalue weighted by molar-refractivity contribution is -0.137. The Morgan fingerprint density at radius 1 is 1.00 bits per heavy atom. The van der Waals surface area contributed by atoms with Crippen LogP contribution in [0.25, 0.3) is 34.3 Å². The van der Waals surface area contributed by atoms with Crippen LogP contribution in [0, 0.1) is 5.92 Å². The molecule has 2 aromatic carbocycles. The number of aliphatic hydroxyl groups excluding tert-OH is 2. The molecule has 194 valence electrons. The third-order valence-electron chi connectivity index (χ3n) is 6.34. The average Bonchev–Trinajstić information content (AvgIpc) is 3.52. The van der Waals surface area contributed by atoms with Crippen LogP contribution in [-0.4, -0.2) is 56.1 Å². The van der Waals surface area contributed by atoms with Crippen LogP contribution in [0.1, 0.15) is 30.6 Å². The Morgan fingerprint density at radius 2 is 1.73 bits per heavy atom. The normalized spacial score (nSPS) is 19.7. The van der Waals surface area contributed by atoms with E-state index < -0.39 is 35.6 Å². The number of halogens is 3. The highest BCUT2D eigenvalue weighted by atomic mass is 19.4. The fourth-order valence-electron chi connectivity index (χ4n) is 4.71. The summed E-state index contributed by atoms with van der Waals surface area (Å²) >= 11 is 0. The van der Waals surface area contributed by atoms with Crippen molar-refractivity contribution >= 4 is 0 Å². The van der Waals surface area contributed by atoms with E-state index in [1.54, 1.807) is 42.5 Å². The van der Waals surface area contributed by atoms with Crippen molar-refractivity contribution in [3.05, 3.63) is 65.7 Å². The summed E-state index contributed by atoms with van der Waals surface area (Å²) in [6.07, 6.45) is -5.20. The Hall–Kier alpha value is -3.54. The highest BCUT2D eigenvalue weighted by molar-refractivity contribution is 5.71. The predicted octanol–water partition coefficient (Wildman–Crippen LogP) is 4.81. The van der Waals surface area contributed by atoms with Crippen molar-refractivity contribution in [1.29, 1.82) is 0 Å². The van der Waals surface area contributed by atoms with Gasteiger partial charge in [0, 0.05) is 30.8 Å². The van der Waals surface area contributed by atoms with Crippen LogP contribution in [0.4, 0.5) is 13.2 Å². The molecule has 1 saturated heterocycles. The number of aliphatic hydroxyl groups is 2. The van der Waals surface area contributed by atoms with E-state index >= 15 is 0 Å². The van der Waals surface area contributed by atoms with Gasteiger partial charge in [-0.15, -0.1) is 0 Å². The zero-order valence-electron chi connectivity index (χ0n) is 19.9. The number of nitrogens with zero attached hydrogens (tertiary/aromatic N) is 4. The fraction of sp³-hybridized carbons (Fsp3) is 0.346. The second-order valence-corrected chi connectivity index (χ2v) is 9.37. The number of rotatable bonds is 6. The molecule has 1 aliphatic rings. The molecular weight excluding hydrogens is 489 g/mol. The fourth-order valence-corrected chi connectivity index (χ4v) is 4.71. The van der Waals surface area contributed by atoms with Crippen LogP contribution in [0.5, 0.6) is 0 Å². The first-order valence-electron chi connectivity index (χ1n) is 11.8. The molecule has 0 saturated carbocycles. The van der Waals surface area contributed by atoms with E-state index in [9.17, 15) is 23.4 Å². The van der Waals surface area contributed by atoms with Crippen LogP contribution in [0.15, 0.2) is 63.6 Å². The van der Waals surface area contributed by atoms with Gasteiger partial charge in [0.25, 0.3) is 5.89 Å². The number of aromatic nitrogens is 3. The van der Waals surface area contributed by atoms with Crippen LogP contribution >= 0.6 is 0 Å². The van der Waals surface area contributed by atoms with Gasteiger partial charge in [0.1, 0.15) is 11.3 Å². The van der Waals surface area contributed by atoms with Gasteiger partial charge in [0.05, 0.1) is 12.2 Å². The third-order valence-corrected chi connectivity index (χ3v) is 6.34. The van der Waals surface area contributed by atoms with Crippen LogP contribution in [0.3, 0.4) is 0 Å². The van der Waals surface area contributed by atoms with Crippen LogP contribution < -0.4 is 0 Å². The van der Waals surface area contributed by atoms with E-state index in [-0.39, 0.29) is 17.1 Å². The first-order chi connectivity index (χ1) is 17.7. The van der Waals surface area contributed by atoms with Gasteiger partial charge in [0.2, 0.25) is 11.6 Å². The standard InChI is InChI=1S/C26H25F3N4O4/c1-15-11-19(34)13-33(12-15)14-20(35)16-7-9-18(10-8-16)24-30-25(37-32-24)23-21(26(27,28)29)22(31-36-23)17-5-3-2-4-6-17/h2-10,15,19-20,34-35H,11-14H2,1H3. The Labute approximate surface area is 210 Å². The van der Waals surface area contributed by atoms with E-state index in [2.05, 4.69) is 22.2 Å². The molecule has 3 atom stereocenters. The largest absolute Gasteiger partial charge is 0.422 e. The van der Waals surface area contributed by atoms with Crippen LogP contribution in [0.2, 0.25) is 0 Å². The monoisotopic (exact) mass is 514 g/mol. The van der Waals surface area contributed by atoms with Gasteiger partial charge in [-0.25, -0.2) is 0 Å². The minimum absolute atomic E-state index is 0.0646. The zero-order chi connectivity index (χ0) is 26.2. The maximum absolute atomic E-state index is 13.9. The molecular formula is C26H25F3N4O4. The summed E-state index contributed by atoms with van der Waals surface area (Å²) in [5, 5.41) is 28.1. The van der Waals surface area contributed by atoms with Gasteiger partial charge in [-0.3, -0.25) is 4.90 Å². The topological polar surface area (TPSA) is 109 Å². The number of β-amino-alcohol motifs (C(OH)–C–C–N with tert-alkyl or cyclic N) is 2. The summed E-state index contributed by atoms with van der Waals surface area (Å²) < 4.78 is 52.0. The first-order valence-corrected chi connectivity index (χ1v) is 11.8. The molecule has 37 heavy (non-hydrogen) atoms. The SMILES string of the molecule is CC1CC(O)CN(CC(O)c2ccc(-c3noc(-c4onc(-c5ccccc5)c4C(F)(F)F)n3)cc2)C1. The molecule has 0 bridgehead atoms. The summed E-state index contributed by atoms with van der Waals surface area (Å²) in [7, 11) is 0. The maximum atomic E-state index is 13.9. The smallest absolute Gasteiger partial charge is 0.392 e. The lowest BCUT2D eigenvalue weighted by Gasteiger charge is -2.35. The summed E-state index contributed by atoms with van der Waals surface area (Å²) in [6, 6.07) is 14.6. The maximum Gasteiger partial charge on any atom is 0.422 e. The molecule has 0 amide bonds. The van der Waals surface area contributed by atoms with Gasteiger partial charge in [-0.05, 0) is 17.9 Å². The third kappa shape index (κ3) is 5.43. The number of likely N-dealkylation sites (tertiary alicyclic amines) is 1. The molecule has 3 unspecified atom stereocenters. The second-order valence-electron chi connectivity index (χ2n) is 9.37. The Bertz CT molecular complexity index is 1330. The van der Waals surface area contributed by atoms with Crippen molar-refractivity contribution in [1.82, 2.24) is 20.2 Å². The van der Waals surface area contributed by atoms with Gasteiger partial charge < -0.3 is 19.3 Å². The van der Waals surface area contributed by atoms with Gasteiger partial charge in [-0.2, -0.15) is 18.2 Å². The zero-order valence-corrected chi connectivity index (χ0v) is 19.9. The predicted molar refractivity (Wildman–Crippen MR) is 127 cm³/mol. The summed E-state index contributed by atoms with van der Waals surface area (Å²) in [5.41, 5.74) is -0.0693. The highest BCUT2D eigenvalue weighted by Gasteiger charge is 2.43. The van der Waals surface area contributed by atoms with E-state index in [0.717, 1.165) is 13.0 Å². The van der Waals surface area contributed by atoms with Crippen molar-refractivity contribution < 1.29 is 32.4 Å². The number of hydrogen-bond acceptors (Lipinski definition) is 8. The van der Waals surface area contributed by atoms with E-state index in [1.807, 2.05) is 4.90 Å². The molecule has 2 N–H and O–H groups in total. The highest BCUT2D eigenvalue weighted by Crippen LogP contribution is 2.43. The Kier molecular flexibility index (Phi) is 6.84. The molecule has 11 heteroatoms. The molecule has 8 nitrogen and oxygen atoms in total. The van der Waals surface area contributed by atoms with Crippen molar-refractivity contribution in [3.63, 3.8) is 0 Å². The van der Waals surface area contributed by atoms with E-state index in [0.29, 0.717) is 30.1 Å². The minimum Gasteiger partial charge on any atom is -0.392 e. The molecule has 0 radical (unpaired) electrons. The Morgan fingerprint density at radius 3 is 2.41 bits per heavy atom.